The number of likely N-dealkylation sites (tertiary alicyclic amines) is 1. The molecule has 2 heterocycles. The molecule has 0 saturated carbocycles. The summed E-state index contributed by atoms with van der Waals surface area (Å²) in [5.74, 6) is 0.548. The average Bonchev–Trinajstić information content (AvgIpc) is 3.30. The molecule has 1 fully saturated rings. The number of nitrogens with two attached hydrogens (primary N) is 4. The first-order valence-corrected chi connectivity index (χ1v) is 21.6. The predicted molar refractivity (Wildman–Crippen MR) is 243 cm³/mol. The maximum atomic E-state index is 11.5. The van der Waals surface area contributed by atoms with Crippen molar-refractivity contribution in [2.75, 3.05) is 66.4 Å². The third-order valence-electron chi connectivity index (χ3n) is 9.10. The number of carbonyl (C=O) groups excluding carboxylic acids is 2. The number of amides is 1. The summed E-state index contributed by atoms with van der Waals surface area (Å²) < 4.78 is 33.8. The maximum absolute atomic E-state index is 11.5. The van der Waals surface area contributed by atoms with E-state index in [2.05, 4.69) is 63.8 Å². The van der Waals surface area contributed by atoms with E-state index >= 15 is 0 Å². The van der Waals surface area contributed by atoms with Crippen LogP contribution in [0.15, 0.2) is 78.0 Å². The lowest BCUT2D eigenvalue weighted by atomic mass is 9.92. The minimum Gasteiger partial charge on any atom is -0.494 e. The first-order chi connectivity index (χ1) is 29.7. The Morgan fingerprint density at radius 2 is 1.36 bits per heavy atom. The normalized spacial score (nSPS) is 13.6. The van der Waals surface area contributed by atoms with Gasteiger partial charge in [0.15, 0.2) is 0 Å². The maximum Gasteiger partial charge on any atom is 0.348 e. The van der Waals surface area contributed by atoms with E-state index < -0.39 is 12.1 Å². The number of carbonyl (C=O) groups is 2. The standard InChI is InChI=1S/C35H47FN4O6.C6H14N2.2C2H6.CH3NO/c1-27(30-8-6-9-31(26-30)35(38)40-34(37)29-15-17-39-18-16-29)28-11-13-32(14-12-28)45-21-5-3-2-4-19-42-22-24-44-25-23-43-20-7-10-33(41)46-36;1-8-4-2-6(7)3-5-8;2*1-2;2-1-3/h6,8-9,11-18,26-27,34H,2-5,7,10,19-25,37H2,1H3,(H2,38,40);6H,2-5,7H2,1H3;2*1-2H3;1H,(H2,2,3)/t27-,34?;;;;/m1..../s1. The van der Waals surface area contributed by atoms with Crippen LogP contribution in [0.4, 0.5) is 4.53 Å². The third-order valence-corrected chi connectivity index (χ3v) is 9.10. The molecule has 1 unspecified atom stereocenters. The van der Waals surface area contributed by atoms with Gasteiger partial charge in [-0.05, 0) is 106 Å². The number of rotatable bonds is 23. The monoisotopic (exact) mass is 858 g/mol. The summed E-state index contributed by atoms with van der Waals surface area (Å²) in [7, 11) is 2.14. The Morgan fingerprint density at radius 3 is 1.92 bits per heavy atom. The van der Waals surface area contributed by atoms with E-state index in [1.807, 2.05) is 64.1 Å². The van der Waals surface area contributed by atoms with Gasteiger partial charge in [-0.25, -0.2) is 9.79 Å². The number of halogens is 1. The molecule has 2 atom stereocenters. The van der Waals surface area contributed by atoms with Gasteiger partial charge < -0.3 is 46.8 Å². The van der Waals surface area contributed by atoms with Crippen LogP contribution < -0.4 is 27.7 Å². The average molecular weight is 858 g/mol. The molecule has 14 nitrogen and oxygen atoms in total. The Balaban J connectivity index is 0.00000205. The van der Waals surface area contributed by atoms with Gasteiger partial charge in [-0.3, -0.25) is 14.7 Å². The summed E-state index contributed by atoms with van der Waals surface area (Å²) in [5.41, 5.74) is 26.4. The van der Waals surface area contributed by atoms with Gasteiger partial charge >= 0.3 is 5.97 Å². The summed E-state index contributed by atoms with van der Waals surface area (Å²) in [5, 5.41) is 0. The van der Waals surface area contributed by atoms with E-state index in [1.54, 1.807) is 12.4 Å². The van der Waals surface area contributed by atoms with E-state index in [0.29, 0.717) is 64.5 Å². The molecule has 0 radical (unpaired) electrons. The molecule has 2 aromatic carbocycles. The molecule has 61 heavy (non-hydrogen) atoms. The van der Waals surface area contributed by atoms with Crippen molar-refractivity contribution >= 4 is 18.2 Å². The summed E-state index contributed by atoms with van der Waals surface area (Å²) in [6, 6.07) is 20.5. The highest BCUT2D eigenvalue weighted by molar-refractivity contribution is 5.97. The molecular weight excluding hydrogens is 782 g/mol. The van der Waals surface area contributed by atoms with Gasteiger partial charge in [0.25, 0.3) is 0 Å². The minimum absolute atomic E-state index is 0.00308. The molecule has 1 aliphatic rings. The molecule has 3 aromatic rings. The number of unbranched alkanes of at least 4 members (excludes halogenated alkanes) is 3. The fourth-order valence-corrected chi connectivity index (χ4v) is 5.65. The number of primary amides is 1. The summed E-state index contributed by atoms with van der Waals surface area (Å²) in [4.78, 5) is 33.1. The second-order valence-electron chi connectivity index (χ2n) is 13.6. The molecule has 344 valence electrons. The van der Waals surface area contributed by atoms with Crippen LogP contribution in [-0.4, -0.2) is 101 Å². The fraction of sp³-hybridized carbons (Fsp3) is 0.565. The first-order valence-electron chi connectivity index (χ1n) is 21.6. The van der Waals surface area contributed by atoms with Gasteiger partial charge in [0.1, 0.15) is 17.8 Å². The molecule has 1 aromatic heterocycles. The molecule has 1 amide bonds. The van der Waals surface area contributed by atoms with Crippen LogP contribution in [0.1, 0.15) is 120 Å². The van der Waals surface area contributed by atoms with Gasteiger partial charge in [0, 0.05) is 47.7 Å². The number of hydrogen-bond acceptors (Lipinski definition) is 12. The van der Waals surface area contributed by atoms with E-state index in [0.717, 1.165) is 48.1 Å². The van der Waals surface area contributed by atoms with E-state index in [9.17, 15) is 9.32 Å². The highest BCUT2D eigenvalue weighted by Crippen LogP contribution is 2.27. The SMILES string of the molecule is CC.CC.CN1CCC(N)CC1.C[C@H](c1ccc(OCCCCCCOCCOCCOCCCC(=O)OF)cc1)c1cccc(/C(N)=N/C(N)c2ccncc2)c1.NC=O. The second kappa shape index (κ2) is 38.4. The Morgan fingerprint density at radius 1 is 0.820 bits per heavy atom. The predicted octanol–water partition coefficient (Wildman–Crippen LogP) is 6.99. The minimum atomic E-state index is -0.879. The zero-order chi connectivity index (χ0) is 45.5. The van der Waals surface area contributed by atoms with E-state index in [-0.39, 0.29) is 18.7 Å². The molecule has 8 N–H and O–H groups in total. The number of nitrogens with zero attached hydrogens (tertiary/aromatic N) is 3. The molecule has 15 heteroatoms. The Bertz CT molecular complexity index is 1510. The van der Waals surface area contributed by atoms with Gasteiger partial charge in [0.2, 0.25) is 6.41 Å². The zero-order valence-electron chi connectivity index (χ0n) is 37.6. The van der Waals surface area contributed by atoms with Gasteiger partial charge in [0.05, 0.1) is 39.5 Å². The van der Waals surface area contributed by atoms with Crippen LogP contribution >= 0.6 is 0 Å². The van der Waals surface area contributed by atoms with Crippen molar-refractivity contribution in [3.8, 4) is 5.75 Å². The van der Waals surface area contributed by atoms with Crippen molar-refractivity contribution in [1.29, 1.82) is 0 Å². The molecule has 0 spiro atoms. The van der Waals surface area contributed by atoms with Crippen LogP contribution in [0.25, 0.3) is 0 Å². The Kier molecular flexibility index (Phi) is 35.6. The van der Waals surface area contributed by atoms with Crippen molar-refractivity contribution in [3.05, 3.63) is 95.3 Å². The topological polar surface area (TPSA) is 213 Å². The summed E-state index contributed by atoms with van der Waals surface area (Å²) in [6.45, 7) is 16.2. The zero-order valence-corrected chi connectivity index (χ0v) is 37.6. The number of aromatic nitrogens is 1. The quantitative estimate of drug-likeness (QED) is 0.0329. The highest BCUT2D eigenvalue weighted by Gasteiger charge is 2.13. The number of pyridine rings is 1. The lowest BCUT2D eigenvalue weighted by Gasteiger charge is -2.25. The van der Waals surface area contributed by atoms with Gasteiger partial charge in [-0.15, -0.1) is 0 Å². The number of aliphatic imine (C=N–C) groups is 1. The van der Waals surface area contributed by atoms with Crippen LogP contribution in [0.5, 0.6) is 5.75 Å². The molecule has 0 aliphatic carbocycles. The number of amidine groups is 1. The van der Waals surface area contributed by atoms with Crippen molar-refractivity contribution in [3.63, 3.8) is 0 Å². The molecule has 4 rings (SSSR count). The molecular formula is C46H76FN7O7. The van der Waals surface area contributed by atoms with Crippen LogP contribution in [0, 0.1) is 0 Å². The van der Waals surface area contributed by atoms with E-state index in [4.69, 9.17) is 40.9 Å². The van der Waals surface area contributed by atoms with Crippen molar-refractivity contribution in [2.45, 2.75) is 104 Å². The Labute approximate surface area is 364 Å². The van der Waals surface area contributed by atoms with Crippen LogP contribution in [0.3, 0.4) is 0 Å². The summed E-state index contributed by atoms with van der Waals surface area (Å²) in [6.07, 6.45) is 9.98. The van der Waals surface area contributed by atoms with Crippen LogP contribution in [-0.2, 0) is 28.7 Å². The van der Waals surface area contributed by atoms with Crippen molar-refractivity contribution in [1.82, 2.24) is 9.88 Å². The molecule has 1 aliphatic heterocycles. The number of hydrogen-bond donors (Lipinski definition) is 4. The highest BCUT2D eigenvalue weighted by atomic mass is 19.3. The number of benzene rings is 2. The lowest BCUT2D eigenvalue weighted by molar-refractivity contribution is -0.184. The number of piperidine rings is 1. The molecule has 1 saturated heterocycles. The van der Waals surface area contributed by atoms with Crippen LogP contribution in [0.2, 0.25) is 0 Å². The van der Waals surface area contributed by atoms with Crippen molar-refractivity contribution < 1.29 is 38.0 Å². The summed E-state index contributed by atoms with van der Waals surface area (Å²) >= 11 is 0. The lowest BCUT2D eigenvalue weighted by Crippen LogP contribution is -2.37. The third kappa shape index (κ3) is 27.9. The first kappa shape index (κ1) is 56.5. The molecule has 0 bridgehead atoms. The fourth-order valence-electron chi connectivity index (χ4n) is 5.65. The van der Waals surface area contributed by atoms with Crippen molar-refractivity contribution in [2.24, 2.45) is 27.9 Å². The van der Waals surface area contributed by atoms with Gasteiger partial charge in [-0.1, -0.05) is 71.4 Å². The van der Waals surface area contributed by atoms with E-state index in [1.165, 1.54) is 31.5 Å². The smallest absolute Gasteiger partial charge is 0.348 e. The second-order valence-corrected chi connectivity index (χ2v) is 13.6. The van der Waals surface area contributed by atoms with Gasteiger partial charge in [-0.2, -0.15) is 0 Å². The largest absolute Gasteiger partial charge is 0.494 e. The Hall–Kier alpha value is -4.51. The number of ether oxygens (including phenoxy) is 4.